The summed E-state index contributed by atoms with van der Waals surface area (Å²) in [4.78, 5) is 13.3. The Morgan fingerprint density at radius 3 is 2.94 bits per heavy atom. The van der Waals surface area contributed by atoms with Gasteiger partial charge in [-0.15, -0.1) is 0 Å². The Balaban J connectivity index is 1.29. The Morgan fingerprint density at radius 1 is 1.26 bits per heavy atom. The maximum absolute atomic E-state index is 11.6. The van der Waals surface area contributed by atoms with E-state index in [1.807, 2.05) is 29.9 Å². The van der Waals surface area contributed by atoms with E-state index in [0.29, 0.717) is 18.7 Å². The highest BCUT2D eigenvalue weighted by molar-refractivity contribution is 9.10. The Labute approximate surface area is 205 Å². The maximum Gasteiger partial charge on any atom is 0.145 e. The number of aromatic nitrogens is 4. The number of anilines is 2. The van der Waals surface area contributed by atoms with Crippen LogP contribution in [0.4, 0.5) is 11.6 Å². The number of aliphatic hydroxyl groups is 2. The number of nitrogens with one attached hydrogen (secondary N) is 1. The molecule has 9 heteroatoms. The molecule has 1 aromatic carbocycles. The predicted octanol–water partition coefficient (Wildman–Crippen LogP) is 3.67. The van der Waals surface area contributed by atoms with E-state index < -0.39 is 11.7 Å². The molecule has 0 spiro atoms. The molecule has 0 bridgehead atoms. The van der Waals surface area contributed by atoms with Gasteiger partial charge in [0.25, 0.3) is 0 Å². The van der Waals surface area contributed by atoms with Crippen molar-refractivity contribution < 1.29 is 10.2 Å². The van der Waals surface area contributed by atoms with Crippen LogP contribution in [0.2, 0.25) is 0 Å². The molecule has 3 heterocycles. The van der Waals surface area contributed by atoms with E-state index >= 15 is 0 Å². The van der Waals surface area contributed by atoms with E-state index in [-0.39, 0.29) is 17.9 Å². The highest BCUT2D eigenvalue weighted by Gasteiger charge is 2.59. The number of nitrogens with two attached hydrogens (primary N) is 1. The number of hydrogen-bond acceptors (Lipinski definition) is 7. The number of fused-ring (bicyclic) bond motifs is 3. The number of nitrogens with zero attached hydrogens (tertiary/aromatic N) is 4. The van der Waals surface area contributed by atoms with Gasteiger partial charge in [-0.3, -0.25) is 0 Å². The Kier molecular flexibility index (Phi) is 5.05. The van der Waals surface area contributed by atoms with Gasteiger partial charge in [0.05, 0.1) is 27.0 Å². The SMILES string of the molecule is CNc1ncnc2c1ccn2[C@@H]1C[C@@H]2[C@H](Cc3ccc4cc(Br)c(N)nc4c3)CC[C@]2(O)[C@H]1O. The summed E-state index contributed by atoms with van der Waals surface area (Å²) in [6.07, 6.45) is 5.66. The van der Waals surface area contributed by atoms with E-state index in [9.17, 15) is 10.2 Å². The van der Waals surface area contributed by atoms with Gasteiger partial charge in [0.1, 0.15) is 29.7 Å². The molecule has 6 rings (SSSR count). The second-order valence-corrected chi connectivity index (χ2v) is 10.5. The number of nitrogen functional groups attached to an aromatic ring is 1. The molecule has 2 fully saturated rings. The van der Waals surface area contributed by atoms with E-state index in [0.717, 1.165) is 45.1 Å². The molecule has 0 radical (unpaired) electrons. The number of halogens is 1. The monoisotopic (exact) mass is 522 g/mol. The van der Waals surface area contributed by atoms with Crippen molar-refractivity contribution in [3.8, 4) is 0 Å². The molecule has 5 N–H and O–H groups in total. The van der Waals surface area contributed by atoms with Gasteiger partial charge in [-0.2, -0.15) is 0 Å². The van der Waals surface area contributed by atoms with Gasteiger partial charge in [0.2, 0.25) is 0 Å². The van der Waals surface area contributed by atoms with E-state index in [1.54, 1.807) is 0 Å². The minimum Gasteiger partial charge on any atom is -0.388 e. The molecule has 2 aliphatic carbocycles. The smallest absolute Gasteiger partial charge is 0.145 e. The Hall–Kier alpha value is -2.75. The summed E-state index contributed by atoms with van der Waals surface area (Å²) < 4.78 is 2.81. The molecular formula is C25H27BrN6O2. The lowest BCUT2D eigenvalue weighted by Crippen LogP contribution is -2.42. The molecule has 2 saturated carbocycles. The number of hydrogen-bond donors (Lipinski definition) is 4. The van der Waals surface area contributed by atoms with Crippen molar-refractivity contribution >= 4 is 49.5 Å². The Morgan fingerprint density at radius 2 is 2.12 bits per heavy atom. The zero-order valence-electron chi connectivity index (χ0n) is 18.8. The van der Waals surface area contributed by atoms with E-state index in [1.165, 1.54) is 11.9 Å². The summed E-state index contributed by atoms with van der Waals surface area (Å²) >= 11 is 3.44. The molecule has 8 nitrogen and oxygen atoms in total. The van der Waals surface area contributed by atoms with E-state index in [4.69, 9.17) is 5.73 Å². The van der Waals surface area contributed by atoms with Crippen molar-refractivity contribution in [1.29, 1.82) is 0 Å². The van der Waals surface area contributed by atoms with Crippen LogP contribution in [0.1, 0.15) is 30.9 Å². The lowest BCUT2D eigenvalue weighted by molar-refractivity contribution is -0.0799. The van der Waals surface area contributed by atoms with Crippen molar-refractivity contribution in [1.82, 2.24) is 19.5 Å². The first kappa shape index (κ1) is 21.8. The third kappa shape index (κ3) is 3.21. The van der Waals surface area contributed by atoms with Crippen LogP contribution in [0.3, 0.4) is 0 Å². The summed E-state index contributed by atoms with van der Waals surface area (Å²) in [5, 5.41) is 27.9. The highest BCUT2D eigenvalue weighted by atomic mass is 79.9. The number of benzene rings is 1. The summed E-state index contributed by atoms with van der Waals surface area (Å²) in [6.45, 7) is 0. The summed E-state index contributed by atoms with van der Waals surface area (Å²) in [5.41, 5.74) is 7.71. The van der Waals surface area contributed by atoms with Crippen molar-refractivity contribution in [2.45, 2.75) is 43.4 Å². The zero-order chi connectivity index (χ0) is 23.6. The lowest BCUT2D eigenvalue weighted by atomic mass is 9.84. The highest BCUT2D eigenvalue weighted by Crippen LogP contribution is 2.55. The molecule has 4 aromatic rings. The van der Waals surface area contributed by atoms with Gasteiger partial charge in [-0.1, -0.05) is 12.1 Å². The third-order valence-corrected chi connectivity index (χ3v) is 8.60. The number of pyridine rings is 1. The van der Waals surface area contributed by atoms with Gasteiger partial charge in [-0.25, -0.2) is 15.0 Å². The van der Waals surface area contributed by atoms with Crippen LogP contribution < -0.4 is 11.1 Å². The van der Waals surface area contributed by atoms with Crippen LogP contribution in [0.25, 0.3) is 21.9 Å². The first-order valence-corrected chi connectivity index (χ1v) is 12.4. The van der Waals surface area contributed by atoms with Gasteiger partial charge in [0.15, 0.2) is 0 Å². The maximum atomic E-state index is 11.6. The van der Waals surface area contributed by atoms with Gasteiger partial charge < -0.3 is 25.8 Å². The normalized spacial score (nSPS) is 28.6. The summed E-state index contributed by atoms with van der Waals surface area (Å²) in [7, 11) is 1.83. The first-order valence-electron chi connectivity index (χ1n) is 11.6. The fourth-order valence-corrected chi connectivity index (χ4v) is 6.61. The van der Waals surface area contributed by atoms with Crippen LogP contribution in [0.15, 0.2) is 47.3 Å². The topological polar surface area (TPSA) is 122 Å². The van der Waals surface area contributed by atoms with Gasteiger partial charge in [-0.05, 0) is 77.2 Å². The second-order valence-electron chi connectivity index (χ2n) is 9.66. The summed E-state index contributed by atoms with van der Waals surface area (Å²) in [5.74, 6) is 1.52. The zero-order valence-corrected chi connectivity index (χ0v) is 20.4. The standard InChI is InChI=1S/C25H27BrN6O2/c1-28-23-16-5-7-32(24(16)30-12-29-23)20-11-17-14(4-6-25(17,34)21(20)33)8-13-2-3-15-10-18(26)22(27)31-19(15)9-13/h2-3,5,7,9-10,12,14,17,20-21,33-34H,4,6,8,11H2,1H3,(H2,27,31)(H,28,29,30)/t14-,17+,20+,21-,25+/m0/s1. The van der Waals surface area contributed by atoms with Crippen LogP contribution >= 0.6 is 15.9 Å². The fraction of sp³-hybridized carbons (Fsp3) is 0.400. The summed E-state index contributed by atoms with van der Waals surface area (Å²) in [6, 6.07) is 10.0. The first-order chi connectivity index (χ1) is 16.4. The van der Waals surface area contributed by atoms with Crippen molar-refractivity contribution in [3.63, 3.8) is 0 Å². The molecular weight excluding hydrogens is 496 g/mol. The minimum absolute atomic E-state index is 0.00852. The number of rotatable bonds is 4. The molecule has 34 heavy (non-hydrogen) atoms. The van der Waals surface area contributed by atoms with Crippen LogP contribution in [-0.2, 0) is 6.42 Å². The molecule has 176 valence electrons. The van der Waals surface area contributed by atoms with Crippen molar-refractivity contribution in [3.05, 3.63) is 52.9 Å². The molecule has 0 amide bonds. The Bertz CT molecular complexity index is 1410. The van der Waals surface area contributed by atoms with Crippen LogP contribution in [0.5, 0.6) is 0 Å². The fourth-order valence-electron chi connectivity index (χ4n) is 6.28. The molecule has 5 atom stereocenters. The largest absolute Gasteiger partial charge is 0.388 e. The van der Waals surface area contributed by atoms with E-state index in [2.05, 4.69) is 54.4 Å². The quantitative estimate of drug-likeness (QED) is 0.322. The predicted molar refractivity (Wildman–Crippen MR) is 135 cm³/mol. The second kappa shape index (κ2) is 7.90. The van der Waals surface area contributed by atoms with Crippen LogP contribution in [-0.4, -0.2) is 48.5 Å². The molecule has 0 aliphatic heterocycles. The molecule has 0 saturated heterocycles. The van der Waals surface area contributed by atoms with Gasteiger partial charge >= 0.3 is 0 Å². The lowest BCUT2D eigenvalue weighted by Gasteiger charge is -2.29. The van der Waals surface area contributed by atoms with Crippen molar-refractivity contribution in [2.24, 2.45) is 11.8 Å². The average Bonchev–Trinajstić information content (AvgIpc) is 3.47. The number of aliphatic hydroxyl groups excluding tert-OH is 1. The molecule has 0 unspecified atom stereocenters. The van der Waals surface area contributed by atoms with Gasteiger partial charge in [0, 0.05) is 18.6 Å². The van der Waals surface area contributed by atoms with Crippen LogP contribution in [0, 0.1) is 11.8 Å². The minimum atomic E-state index is -1.09. The average molecular weight is 523 g/mol. The third-order valence-electron chi connectivity index (χ3n) is 7.96. The van der Waals surface area contributed by atoms with Crippen molar-refractivity contribution in [2.75, 3.05) is 18.1 Å². The molecule has 3 aromatic heterocycles. The molecule has 2 aliphatic rings.